The summed E-state index contributed by atoms with van der Waals surface area (Å²) in [6, 6.07) is 11.6. The van der Waals surface area contributed by atoms with E-state index in [9.17, 15) is 0 Å². The molecule has 1 aromatic rings. The van der Waals surface area contributed by atoms with Gasteiger partial charge in [0.1, 0.15) is 0 Å². The number of hydrogen-bond acceptors (Lipinski definition) is 2. The highest BCUT2D eigenvalue weighted by molar-refractivity contribution is 5.14. The molecule has 100 valence electrons. The Labute approximate surface area is 111 Å². The molecule has 1 atom stereocenters. The predicted molar refractivity (Wildman–Crippen MR) is 77.9 cm³/mol. The second-order valence-corrected chi connectivity index (χ2v) is 5.22. The van der Waals surface area contributed by atoms with E-state index in [0.717, 1.165) is 6.04 Å². The van der Waals surface area contributed by atoms with Gasteiger partial charge in [-0.25, -0.2) is 0 Å². The third-order valence-electron chi connectivity index (χ3n) is 3.95. The molecule has 1 unspecified atom stereocenters. The molecule has 1 heterocycles. The summed E-state index contributed by atoms with van der Waals surface area (Å²) in [5.41, 5.74) is 1.47. The van der Waals surface area contributed by atoms with Gasteiger partial charge in [0.25, 0.3) is 0 Å². The minimum absolute atomic E-state index is 0.763. The van der Waals surface area contributed by atoms with Gasteiger partial charge in [-0.15, -0.1) is 0 Å². The zero-order chi connectivity index (χ0) is 12.6. The van der Waals surface area contributed by atoms with Gasteiger partial charge in [-0.2, -0.15) is 0 Å². The van der Waals surface area contributed by atoms with Crippen LogP contribution in [0.1, 0.15) is 31.7 Å². The first-order chi connectivity index (χ1) is 8.90. The van der Waals surface area contributed by atoms with Crippen molar-refractivity contribution in [1.82, 2.24) is 10.2 Å². The van der Waals surface area contributed by atoms with E-state index in [4.69, 9.17) is 0 Å². The first-order valence-corrected chi connectivity index (χ1v) is 7.39. The van der Waals surface area contributed by atoms with Crippen molar-refractivity contribution >= 4 is 0 Å². The van der Waals surface area contributed by atoms with Crippen LogP contribution in [0.5, 0.6) is 0 Å². The summed E-state index contributed by atoms with van der Waals surface area (Å²) in [4.78, 5) is 2.65. The average molecular weight is 246 g/mol. The summed E-state index contributed by atoms with van der Waals surface area (Å²) in [5.74, 6) is 0. The summed E-state index contributed by atoms with van der Waals surface area (Å²) >= 11 is 0. The van der Waals surface area contributed by atoms with Crippen LogP contribution < -0.4 is 5.32 Å². The maximum absolute atomic E-state index is 3.52. The fourth-order valence-electron chi connectivity index (χ4n) is 2.87. The summed E-state index contributed by atoms with van der Waals surface area (Å²) in [6.07, 6.45) is 5.18. The normalized spacial score (nSPS) is 20.2. The van der Waals surface area contributed by atoms with Crippen LogP contribution in [-0.2, 0) is 6.42 Å². The van der Waals surface area contributed by atoms with Crippen LogP contribution in [0.2, 0.25) is 0 Å². The Morgan fingerprint density at radius 2 is 2.11 bits per heavy atom. The third kappa shape index (κ3) is 4.11. The first-order valence-electron chi connectivity index (χ1n) is 7.39. The Morgan fingerprint density at radius 3 is 2.78 bits per heavy atom. The molecule has 0 spiro atoms. The molecular weight excluding hydrogens is 220 g/mol. The zero-order valence-corrected chi connectivity index (χ0v) is 11.6. The lowest BCUT2D eigenvalue weighted by Crippen LogP contribution is -2.46. The molecule has 1 aromatic carbocycles. The molecule has 1 fully saturated rings. The first kappa shape index (κ1) is 13.6. The summed E-state index contributed by atoms with van der Waals surface area (Å²) in [7, 11) is 0. The Bertz CT molecular complexity index is 317. The maximum atomic E-state index is 3.52. The minimum Gasteiger partial charge on any atom is -0.315 e. The standard InChI is InChI=1S/C16H26N2/c1-2-18(16-11-6-12-17-14-16)13-7-10-15-8-4-3-5-9-15/h3-5,8-9,16-17H,2,6-7,10-14H2,1H3. The number of nitrogens with zero attached hydrogens (tertiary/aromatic N) is 1. The van der Waals surface area contributed by atoms with E-state index < -0.39 is 0 Å². The average Bonchev–Trinajstić information content (AvgIpc) is 2.46. The van der Waals surface area contributed by atoms with Gasteiger partial charge in [0.15, 0.2) is 0 Å². The Hall–Kier alpha value is -0.860. The van der Waals surface area contributed by atoms with Crippen LogP contribution in [0.3, 0.4) is 0 Å². The lowest BCUT2D eigenvalue weighted by atomic mass is 10.0. The van der Waals surface area contributed by atoms with E-state index in [1.54, 1.807) is 0 Å². The molecule has 0 saturated carbocycles. The Morgan fingerprint density at radius 1 is 1.28 bits per heavy atom. The fourth-order valence-corrected chi connectivity index (χ4v) is 2.87. The van der Waals surface area contributed by atoms with Crippen molar-refractivity contribution in [2.75, 3.05) is 26.2 Å². The van der Waals surface area contributed by atoms with Crippen molar-refractivity contribution in [3.63, 3.8) is 0 Å². The molecule has 0 aliphatic carbocycles. The monoisotopic (exact) mass is 246 g/mol. The van der Waals surface area contributed by atoms with E-state index in [-0.39, 0.29) is 0 Å². The summed E-state index contributed by atoms with van der Waals surface area (Å²) in [5, 5.41) is 3.52. The summed E-state index contributed by atoms with van der Waals surface area (Å²) in [6.45, 7) is 7.09. The number of nitrogens with one attached hydrogen (secondary N) is 1. The molecule has 0 radical (unpaired) electrons. The molecule has 1 saturated heterocycles. The van der Waals surface area contributed by atoms with Crippen LogP contribution in [0.4, 0.5) is 0 Å². The third-order valence-corrected chi connectivity index (χ3v) is 3.95. The number of aryl methyl sites for hydroxylation is 1. The summed E-state index contributed by atoms with van der Waals surface area (Å²) < 4.78 is 0. The number of piperidine rings is 1. The quantitative estimate of drug-likeness (QED) is 0.830. The second kappa shape index (κ2) is 7.55. The Kier molecular flexibility index (Phi) is 5.69. The van der Waals surface area contributed by atoms with E-state index >= 15 is 0 Å². The molecule has 1 N–H and O–H groups in total. The molecule has 18 heavy (non-hydrogen) atoms. The number of rotatable bonds is 6. The van der Waals surface area contributed by atoms with Crippen molar-refractivity contribution in [3.8, 4) is 0 Å². The van der Waals surface area contributed by atoms with Gasteiger partial charge in [-0.05, 0) is 50.9 Å². The van der Waals surface area contributed by atoms with Gasteiger partial charge in [0.2, 0.25) is 0 Å². The van der Waals surface area contributed by atoms with E-state index in [0.29, 0.717) is 0 Å². The molecule has 2 rings (SSSR count). The molecular formula is C16H26N2. The minimum atomic E-state index is 0.763. The van der Waals surface area contributed by atoms with E-state index in [1.807, 2.05) is 0 Å². The smallest absolute Gasteiger partial charge is 0.0220 e. The van der Waals surface area contributed by atoms with Crippen molar-refractivity contribution < 1.29 is 0 Å². The SMILES string of the molecule is CCN(CCCc1ccccc1)C1CCCNC1. The van der Waals surface area contributed by atoms with Crippen molar-refractivity contribution in [2.45, 2.75) is 38.6 Å². The van der Waals surface area contributed by atoms with Crippen LogP contribution >= 0.6 is 0 Å². The van der Waals surface area contributed by atoms with Crippen molar-refractivity contribution in [3.05, 3.63) is 35.9 Å². The lowest BCUT2D eigenvalue weighted by Gasteiger charge is -2.33. The fraction of sp³-hybridized carbons (Fsp3) is 0.625. The second-order valence-electron chi connectivity index (χ2n) is 5.22. The van der Waals surface area contributed by atoms with Crippen LogP contribution in [0.25, 0.3) is 0 Å². The number of likely N-dealkylation sites (N-methyl/N-ethyl adjacent to an activating group) is 1. The van der Waals surface area contributed by atoms with Crippen molar-refractivity contribution in [1.29, 1.82) is 0 Å². The van der Waals surface area contributed by atoms with Crippen LogP contribution in [0, 0.1) is 0 Å². The highest BCUT2D eigenvalue weighted by Gasteiger charge is 2.18. The highest BCUT2D eigenvalue weighted by Crippen LogP contribution is 2.11. The highest BCUT2D eigenvalue weighted by atomic mass is 15.2. The van der Waals surface area contributed by atoms with E-state index in [2.05, 4.69) is 47.5 Å². The molecule has 2 heteroatoms. The molecule has 2 nitrogen and oxygen atoms in total. The van der Waals surface area contributed by atoms with E-state index in [1.165, 1.54) is 57.4 Å². The largest absolute Gasteiger partial charge is 0.315 e. The van der Waals surface area contributed by atoms with Gasteiger partial charge < -0.3 is 5.32 Å². The Balaban J connectivity index is 1.73. The van der Waals surface area contributed by atoms with Crippen LogP contribution in [0.15, 0.2) is 30.3 Å². The van der Waals surface area contributed by atoms with Gasteiger partial charge in [-0.1, -0.05) is 37.3 Å². The van der Waals surface area contributed by atoms with Gasteiger partial charge in [0, 0.05) is 12.6 Å². The number of benzene rings is 1. The predicted octanol–water partition coefficient (Wildman–Crippen LogP) is 2.69. The maximum Gasteiger partial charge on any atom is 0.0220 e. The topological polar surface area (TPSA) is 15.3 Å². The lowest BCUT2D eigenvalue weighted by molar-refractivity contribution is 0.172. The van der Waals surface area contributed by atoms with Crippen molar-refractivity contribution in [2.24, 2.45) is 0 Å². The molecule has 1 aliphatic heterocycles. The van der Waals surface area contributed by atoms with Gasteiger partial charge in [0.05, 0.1) is 0 Å². The zero-order valence-electron chi connectivity index (χ0n) is 11.6. The molecule has 0 amide bonds. The van der Waals surface area contributed by atoms with Gasteiger partial charge >= 0.3 is 0 Å². The molecule has 0 bridgehead atoms. The van der Waals surface area contributed by atoms with Crippen LogP contribution in [-0.4, -0.2) is 37.1 Å². The molecule has 0 aromatic heterocycles. The van der Waals surface area contributed by atoms with Gasteiger partial charge in [-0.3, -0.25) is 4.90 Å². The molecule has 1 aliphatic rings. The number of hydrogen-bond donors (Lipinski definition) is 1.